The fourth-order valence-electron chi connectivity index (χ4n) is 0.735. The van der Waals surface area contributed by atoms with Gasteiger partial charge >= 0.3 is 0 Å². The Morgan fingerprint density at radius 1 is 1.36 bits per heavy atom. The maximum atomic E-state index is 4.00. The van der Waals surface area contributed by atoms with Crippen molar-refractivity contribution in [3.63, 3.8) is 0 Å². The average Bonchev–Trinajstić information content (AvgIpc) is 1.88. The van der Waals surface area contributed by atoms with Gasteiger partial charge in [0.1, 0.15) is 0 Å². The van der Waals surface area contributed by atoms with E-state index in [0.717, 1.165) is 0 Å². The van der Waals surface area contributed by atoms with E-state index in [1.54, 1.807) is 6.20 Å². The summed E-state index contributed by atoms with van der Waals surface area (Å²) in [6.07, 6.45) is 3.56. The molecule has 1 aromatic rings. The van der Waals surface area contributed by atoms with Crippen molar-refractivity contribution in [2.75, 3.05) is 0 Å². The maximum Gasteiger partial charge on any atom is 0 e. The molecule has 11 heavy (non-hydrogen) atoms. The van der Waals surface area contributed by atoms with E-state index < -0.39 is 0 Å². The molecule has 2 heteroatoms. The summed E-state index contributed by atoms with van der Waals surface area (Å²) in [5.41, 5.74) is 1.43. The monoisotopic (exact) mass is 223 g/mol. The van der Waals surface area contributed by atoms with E-state index in [1.807, 2.05) is 12.3 Å². The van der Waals surface area contributed by atoms with Gasteiger partial charge in [-0.2, -0.15) is 5.56 Å². The Hall–Kier alpha value is 0.254. The number of nitrogens with zero attached hydrogens (tertiary/aromatic N) is 1. The Morgan fingerprint density at radius 2 is 2.00 bits per heavy atom. The molecule has 0 aliphatic heterocycles. The molecule has 1 heterocycles. The minimum Gasteiger partial charge on any atom is -0.304 e. The third kappa shape index (κ3) is 3.44. The van der Waals surface area contributed by atoms with Crippen LogP contribution in [0.4, 0.5) is 0 Å². The van der Waals surface area contributed by atoms with Crippen LogP contribution in [0.15, 0.2) is 18.5 Å². The predicted molar refractivity (Wildman–Crippen MR) is 41.8 cm³/mol. The maximum absolute atomic E-state index is 4.00. The summed E-state index contributed by atoms with van der Waals surface area (Å²) in [5.74, 6) is 0. The fraction of sp³-hybridized carbons (Fsp3) is 0.444. The second-order valence-corrected chi connectivity index (χ2v) is 3.42. The van der Waals surface area contributed by atoms with Gasteiger partial charge in [0.2, 0.25) is 0 Å². The zero-order valence-corrected chi connectivity index (χ0v) is 10.1. The van der Waals surface area contributed by atoms with Gasteiger partial charge in [-0.3, -0.25) is 0 Å². The SMILES string of the molecule is CC(C)(C)c1c[c-]cnc1.[Y]. The van der Waals surface area contributed by atoms with Crippen molar-refractivity contribution in [2.45, 2.75) is 26.2 Å². The van der Waals surface area contributed by atoms with Crippen LogP contribution in [-0.4, -0.2) is 4.98 Å². The van der Waals surface area contributed by atoms with Crippen LogP contribution in [0.5, 0.6) is 0 Å². The van der Waals surface area contributed by atoms with Crippen molar-refractivity contribution in [1.29, 1.82) is 0 Å². The van der Waals surface area contributed by atoms with E-state index in [4.69, 9.17) is 0 Å². The number of rotatable bonds is 0. The van der Waals surface area contributed by atoms with Crippen molar-refractivity contribution in [3.8, 4) is 0 Å². The largest absolute Gasteiger partial charge is 0.304 e. The van der Waals surface area contributed by atoms with Gasteiger partial charge in [0.15, 0.2) is 0 Å². The first-order valence-electron chi connectivity index (χ1n) is 3.42. The van der Waals surface area contributed by atoms with Gasteiger partial charge in [0.05, 0.1) is 0 Å². The topological polar surface area (TPSA) is 12.9 Å². The molecule has 0 unspecified atom stereocenters. The summed E-state index contributed by atoms with van der Waals surface area (Å²) in [4.78, 5) is 4.00. The molecule has 0 amide bonds. The van der Waals surface area contributed by atoms with Crippen LogP contribution < -0.4 is 0 Å². The normalized spacial score (nSPS) is 10.5. The first-order valence-corrected chi connectivity index (χ1v) is 3.42. The van der Waals surface area contributed by atoms with Crippen LogP contribution in [0, 0.1) is 6.07 Å². The Kier molecular flexibility index (Phi) is 4.42. The molecule has 0 atom stereocenters. The fourth-order valence-corrected chi connectivity index (χ4v) is 0.735. The number of hydrogen-bond acceptors (Lipinski definition) is 1. The molecular formula is C9H12NY-. The first kappa shape index (κ1) is 11.3. The van der Waals surface area contributed by atoms with E-state index in [1.165, 1.54) is 5.56 Å². The molecule has 1 aromatic heterocycles. The molecule has 0 N–H and O–H groups in total. The average molecular weight is 223 g/mol. The summed E-state index contributed by atoms with van der Waals surface area (Å²) in [7, 11) is 0. The zero-order valence-electron chi connectivity index (χ0n) is 7.26. The minimum atomic E-state index is 0. The Labute approximate surface area is 93.5 Å². The minimum absolute atomic E-state index is 0. The first-order chi connectivity index (χ1) is 4.61. The summed E-state index contributed by atoms with van der Waals surface area (Å²) >= 11 is 0. The van der Waals surface area contributed by atoms with Crippen molar-refractivity contribution < 1.29 is 32.7 Å². The Bertz CT molecular complexity index is 201. The van der Waals surface area contributed by atoms with E-state index in [-0.39, 0.29) is 38.1 Å². The molecule has 0 aliphatic carbocycles. The van der Waals surface area contributed by atoms with Gasteiger partial charge in [-0.1, -0.05) is 38.6 Å². The molecule has 0 saturated heterocycles. The second kappa shape index (κ2) is 4.32. The van der Waals surface area contributed by atoms with Gasteiger partial charge < -0.3 is 4.98 Å². The van der Waals surface area contributed by atoms with Crippen LogP contribution in [-0.2, 0) is 38.1 Å². The third-order valence-electron chi connectivity index (χ3n) is 1.47. The third-order valence-corrected chi connectivity index (χ3v) is 1.47. The summed E-state index contributed by atoms with van der Waals surface area (Å²) in [6, 6.07) is 4.94. The van der Waals surface area contributed by atoms with Gasteiger partial charge in [-0.15, -0.1) is 0 Å². The molecule has 1 radical (unpaired) electrons. The Balaban J connectivity index is 0.000001000. The van der Waals surface area contributed by atoms with Crippen molar-refractivity contribution >= 4 is 0 Å². The molecule has 0 aliphatic rings. The van der Waals surface area contributed by atoms with Crippen LogP contribution in [0.1, 0.15) is 26.3 Å². The van der Waals surface area contributed by atoms with Gasteiger partial charge in [-0.25, -0.2) is 12.1 Å². The van der Waals surface area contributed by atoms with E-state index in [0.29, 0.717) is 0 Å². The van der Waals surface area contributed by atoms with Crippen molar-refractivity contribution in [2.24, 2.45) is 0 Å². The summed E-state index contributed by atoms with van der Waals surface area (Å²) in [6.45, 7) is 6.49. The molecule has 0 fully saturated rings. The van der Waals surface area contributed by atoms with E-state index >= 15 is 0 Å². The number of hydrogen-bond donors (Lipinski definition) is 0. The molecular weight excluding hydrogens is 211 g/mol. The van der Waals surface area contributed by atoms with Crippen LogP contribution in [0.25, 0.3) is 0 Å². The molecule has 1 rings (SSSR count). The van der Waals surface area contributed by atoms with Gasteiger partial charge in [0, 0.05) is 32.7 Å². The van der Waals surface area contributed by atoms with Gasteiger partial charge in [0.25, 0.3) is 0 Å². The second-order valence-electron chi connectivity index (χ2n) is 3.42. The van der Waals surface area contributed by atoms with Crippen molar-refractivity contribution in [3.05, 3.63) is 30.1 Å². The quantitative estimate of drug-likeness (QED) is 0.614. The number of aromatic nitrogens is 1. The molecule has 1 nitrogen and oxygen atoms in total. The standard InChI is InChI=1S/C9H12N.Y/c1-9(2,3)8-5-4-6-10-7-8;/h5-7H,1-3H3;/q-1;. The molecule has 0 bridgehead atoms. The Morgan fingerprint density at radius 3 is 2.27 bits per heavy atom. The molecule has 57 valence electrons. The number of pyridine rings is 1. The summed E-state index contributed by atoms with van der Waals surface area (Å²) < 4.78 is 0. The summed E-state index contributed by atoms with van der Waals surface area (Å²) in [5, 5.41) is 0. The van der Waals surface area contributed by atoms with E-state index in [9.17, 15) is 0 Å². The molecule has 0 saturated carbocycles. The van der Waals surface area contributed by atoms with Gasteiger partial charge in [-0.05, 0) is 0 Å². The zero-order chi connectivity index (χ0) is 7.61. The smallest absolute Gasteiger partial charge is 0 e. The van der Waals surface area contributed by atoms with Crippen molar-refractivity contribution in [1.82, 2.24) is 4.98 Å². The van der Waals surface area contributed by atoms with Crippen LogP contribution >= 0.6 is 0 Å². The molecule has 0 spiro atoms. The van der Waals surface area contributed by atoms with Crippen LogP contribution in [0.2, 0.25) is 0 Å². The van der Waals surface area contributed by atoms with Crippen LogP contribution in [0.3, 0.4) is 0 Å². The predicted octanol–water partition coefficient (Wildman–Crippen LogP) is 2.18. The van der Waals surface area contributed by atoms with E-state index in [2.05, 4.69) is 31.8 Å². The molecule has 0 aromatic carbocycles.